The molecule has 1 aromatic heterocycles. The van der Waals surface area contributed by atoms with Crippen LogP contribution in [0.4, 0.5) is 10.6 Å². The summed E-state index contributed by atoms with van der Waals surface area (Å²) in [6.45, 7) is 4.05. The summed E-state index contributed by atoms with van der Waals surface area (Å²) in [5, 5.41) is 2.74. The molecule has 1 aliphatic heterocycles. The van der Waals surface area contributed by atoms with E-state index in [9.17, 15) is 4.79 Å². The number of likely N-dealkylation sites (tertiary alicyclic amines) is 1. The Morgan fingerprint density at radius 1 is 1.60 bits per heavy atom. The van der Waals surface area contributed by atoms with Crippen molar-refractivity contribution < 1.29 is 4.79 Å². The lowest BCUT2D eigenvalue weighted by Crippen LogP contribution is -2.35. The molecule has 2 amide bonds. The molecule has 0 spiro atoms. The first-order chi connectivity index (χ1) is 7.25. The first kappa shape index (κ1) is 9.08. The van der Waals surface area contributed by atoms with Crippen molar-refractivity contribution in [3.63, 3.8) is 0 Å². The predicted octanol–water partition coefficient (Wildman–Crippen LogP) is 1.27. The van der Waals surface area contributed by atoms with Crippen LogP contribution in [0, 0.1) is 17.8 Å². The summed E-state index contributed by atoms with van der Waals surface area (Å²) in [5.74, 6) is 2.85. The van der Waals surface area contributed by atoms with Gasteiger partial charge in [0.1, 0.15) is 0 Å². The number of aromatic nitrogens is 2. The smallest absolute Gasteiger partial charge is 0.323 e. The molecule has 0 aromatic carbocycles. The summed E-state index contributed by atoms with van der Waals surface area (Å²) in [6.07, 6.45) is 1.57. The van der Waals surface area contributed by atoms with Crippen LogP contribution in [0.25, 0.3) is 0 Å². The number of hydrogen-bond acceptors (Lipinski definition) is 4. The number of fused-ring (bicyclic) bond motifs is 1. The largest absolute Gasteiger partial charge is 0.324 e. The Bertz CT molecular complexity index is 367. The molecule has 1 saturated carbocycles. The van der Waals surface area contributed by atoms with Crippen molar-refractivity contribution in [2.75, 3.05) is 18.4 Å². The summed E-state index contributed by atoms with van der Waals surface area (Å²) in [7, 11) is 0. The summed E-state index contributed by atoms with van der Waals surface area (Å²) in [4.78, 5) is 13.6. The number of piperidine rings is 1. The summed E-state index contributed by atoms with van der Waals surface area (Å²) >= 11 is 1.10. The lowest BCUT2D eigenvalue weighted by molar-refractivity contribution is 0.215. The first-order valence-corrected chi connectivity index (χ1v) is 5.82. The van der Waals surface area contributed by atoms with Crippen molar-refractivity contribution in [3.8, 4) is 0 Å². The molecule has 6 heteroatoms. The SMILES string of the molecule is CC1[C@H]2CN(C(=O)Nc3cnsn3)C[C@@H]12. The highest BCUT2D eigenvalue weighted by atomic mass is 32.1. The molecule has 2 fully saturated rings. The Labute approximate surface area is 91.8 Å². The predicted molar refractivity (Wildman–Crippen MR) is 56.6 cm³/mol. The number of nitrogens with zero attached hydrogens (tertiary/aromatic N) is 3. The molecule has 3 rings (SSSR count). The molecule has 2 heterocycles. The maximum Gasteiger partial charge on any atom is 0.323 e. The fraction of sp³-hybridized carbons (Fsp3) is 0.667. The van der Waals surface area contributed by atoms with Gasteiger partial charge >= 0.3 is 6.03 Å². The molecule has 1 unspecified atom stereocenters. The molecule has 1 saturated heterocycles. The Balaban J connectivity index is 1.58. The molecule has 2 aliphatic rings. The van der Waals surface area contributed by atoms with Gasteiger partial charge in [0.25, 0.3) is 0 Å². The van der Waals surface area contributed by atoms with Gasteiger partial charge in [-0.05, 0) is 17.8 Å². The van der Waals surface area contributed by atoms with Crippen molar-refractivity contribution in [3.05, 3.63) is 6.20 Å². The van der Waals surface area contributed by atoms with Crippen LogP contribution < -0.4 is 5.32 Å². The van der Waals surface area contributed by atoms with Crippen molar-refractivity contribution in [1.29, 1.82) is 0 Å². The number of urea groups is 1. The molecule has 1 N–H and O–H groups in total. The molecule has 0 bridgehead atoms. The van der Waals surface area contributed by atoms with Gasteiger partial charge in [-0.3, -0.25) is 5.32 Å². The summed E-state index contributed by atoms with van der Waals surface area (Å²) in [6, 6.07) is -0.0397. The lowest BCUT2D eigenvalue weighted by atomic mass is 10.3. The molecular weight excluding hydrogens is 212 g/mol. The van der Waals surface area contributed by atoms with Crippen molar-refractivity contribution in [2.24, 2.45) is 17.8 Å². The van der Waals surface area contributed by atoms with E-state index in [0.29, 0.717) is 5.82 Å². The third-order valence-corrected chi connectivity index (χ3v) is 3.98. The highest BCUT2D eigenvalue weighted by molar-refractivity contribution is 6.99. The molecule has 0 radical (unpaired) electrons. The molecule has 15 heavy (non-hydrogen) atoms. The van der Waals surface area contributed by atoms with Crippen LogP contribution in [0.2, 0.25) is 0 Å². The van der Waals surface area contributed by atoms with Crippen LogP contribution in [0.5, 0.6) is 0 Å². The van der Waals surface area contributed by atoms with Gasteiger partial charge in [0.05, 0.1) is 17.9 Å². The Kier molecular flexibility index (Phi) is 1.92. The third-order valence-electron chi connectivity index (χ3n) is 3.51. The van der Waals surface area contributed by atoms with E-state index >= 15 is 0 Å². The van der Waals surface area contributed by atoms with E-state index in [1.165, 1.54) is 0 Å². The number of carbonyl (C=O) groups excluding carboxylic acids is 1. The van der Waals surface area contributed by atoms with Crippen LogP contribution >= 0.6 is 11.7 Å². The van der Waals surface area contributed by atoms with E-state index < -0.39 is 0 Å². The van der Waals surface area contributed by atoms with Crippen LogP contribution in [0.1, 0.15) is 6.92 Å². The van der Waals surface area contributed by atoms with E-state index in [0.717, 1.165) is 42.6 Å². The minimum atomic E-state index is -0.0397. The molecule has 80 valence electrons. The van der Waals surface area contributed by atoms with Crippen LogP contribution in [0.3, 0.4) is 0 Å². The molecule has 5 nitrogen and oxygen atoms in total. The summed E-state index contributed by atoms with van der Waals surface area (Å²) in [5.41, 5.74) is 0. The van der Waals surface area contributed by atoms with Crippen molar-refractivity contribution in [2.45, 2.75) is 6.92 Å². The minimum Gasteiger partial charge on any atom is -0.324 e. The Hall–Kier alpha value is -1.17. The van der Waals surface area contributed by atoms with Gasteiger partial charge in [0.15, 0.2) is 5.82 Å². The number of carbonyl (C=O) groups is 1. The van der Waals surface area contributed by atoms with Gasteiger partial charge in [-0.2, -0.15) is 8.75 Å². The summed E-state index contributed by atoms with van der Waals surface area (Å²) < 4.78 is 7.78. The van der Waals surface area contributed by atoms with E-state index in [1.54, 1.807) is 6.20 Å². The van der Waals surface area contributed by atoms with Gasteiger partial charge in [0, 0.05) is 13.1 Å². The monoisotopic (exact) mass is 224 g/mol. The molecule has 1 aliphatic carbocycles. The van der Waals surface area contributed by atoms with Gasteiger partial charge in [-0.1, -0.05) is 6.92 Å². The fourth-order valence-electron chi connectivity index (χ4n) is 2.40. The zero-order valence-electron chi connectivity index (χ0n) is 8.38. The minimum absolute atomic E-state index is 0.0397. The van der Waals surface area contributed by atoms with Crippen LogP contribution in [-0.4, -0.2) is 32.8 Å². The quantitative estimate of drug-likeness (QED) is 0.781. The lowest BCUT2D eigenvalue weighted by Gasteiger charge is -2.18. The van der Waals surface area contributed by atoms with Crippen LogP contribution in [0.15, 0.2) is 6.20 Å². The van der Waals surface area contributed by atoms with Crippen molar-refractivity contribution >= 4 is 23.6 Å². The van der Waals surface area contributed by atoms with E-state index in [4.69, 9.17) is 0 Å². The highest BCUT2D eigenvalue weighted by Crippen LogP contribution is 2.51. The van der Waals surface area contributed by atoms with Gasteiger partial charge in [0.2, 0.25) is 0 Å². The number of hydrogen-bond donors (Lipinski definition) is 1. The Morgan fingerprint density at radius 3 is 2.93 bits per heavy atom. The third kappa shape index (κ3) is 1.49. The van der Waals surface area contributed by atoms with Crippen LogP contribution in [-0.2, 0) is 0 Å². The topological polar surface area (TPSA) is 58.1 Å². The number of nitrogens with one attached hydrogen (secondary N) is 1. The normalized spacial score (nSPS) is 32.6. The van der Waals surface area contributed by atoms with E-state index in [1.807, 2.05) is 4.90 Å². The fourth-order valence-corrected chi connectivity index (χ4v) is 2.77. The average molecular weight is 224 g/mol. The molecular formula is C9H12N4OS. The zero-order valence-corrected chi connectivity index (χ0v) is 9.20. The second kappa shape index (κ2) is 3.16. The van der Waals surface area contributed by atoms with Gasteiger partial charge in [-0.25, -0.2) is 4.79 Å². The average Bonchev–Trinajstić information content (AvgIpc) is 2.70. The second-order valence-corrected chi connectivity index (χ2v) is 4.87. The zero-order chi connectivity index (χ0) is 10.4. The van der Waals surface area contributed by atoms with E-state index in [2.05, 4.69) is 21.0 Å². The Morgan fingerprint density at radius 2 is 2.33 bits per heavy atom. The number of anilines is 1. The first-order valence-electron chi connectivity index (χ1n) is 5.09. The molecule has 1 aromatic rings. The maximum absolute atomic E-state index is 11.7. The van der Waals surface area contributed by atoms with Gasteiger partial charge in [-0.15, -0.1) is 0 Å². The van der Waals surface area contributed by atoms with E-state index in [-0.39, 0.29) is 6.03 Å². The number of amides is 2. The standard InChI is InChI=1S/C9H12N4OS/c1-5-6-3-13(4-7(5)6)9(14)11-8-2-10-15-12-8/h2,5-7H,3-4H2,1H3,(H,11,12,14)/t5?,6-,7+. The highest BCUT2D eigenvalue weighted by Gasteiger charge is 2.53. The number of rotatable bonds is 1. The van der Waals surface area contributed by atoms with Crippen molar-refractivity contribution in [1.82, 2.24) is 13.6 Å². The second-order valence-electron chi connectivity index (χ2n) is 4.31. The maximum atomic E-state index is 11.7. The van der Waals surface area contributed by atoms with Gasteiger partial charge < -0.3 is 4.90 Å². The molecule has 3 atom stereocenters.